The maximum Gasteiger partial charge on any atom is 0.322 e. The van der Waals surface area contributed by atoms with E-state index in [-0.39, 0.29) is 17.8 Å². The summed E-state index contributed by atoms with van der Waals surface area (Å²) in [5, 5.41) is 13.9. The third-order valence-electron chi connectivity index (χ3n) is 4.80. The minimum absolute atomic E-state index is 0.00896. The standard InChI is InChI=1S/C19H21N3O3/c1-13-7-3-4-8-15(13)18-11-6-12-21(18)19(23)20-16-9-5-10-17(14(16)2)22(24)25/h3-5,7-10,18H,6,11-12H2,1-2H3,(H,20,23). The number of hydrogen-bond acceptors (Lipinski definition) is 3. The van der Waals surface area contributed by atoms with Gasteiger partial charge in [0.25, 0.3) is 5.69 Å². The molecule has 1 aliphatic heterocycles. The van der Waals surface area contributed by atoms with Crippen molar-refractivity contribution in [3.8, 4) is 0 Å². The van der Waals surface area contributed by atoms with Crippen LogP contribution in [0.25, 0.3) is 0 Å². The quantitative estimate of drug-likeness (QED) is 0.657. The normalized spacial score (nSPS) is 16.7. The van der Waals surface area contributed by atoms with Gasteiger partial charge in [-0.1, -0.05) is 30.3 Å². The number of anilines is 1. The molecular weight excluding hydrogens is 318 g/mol. The molecule has 0 radical (unpaired) electrons. The van der Waals surface area contributed by atoms with Crippen LogP contribution in [0.2, 0.25) is 0 Å². The number of carbonyl (C=O) groups excluding carboxylic acids is 1. The van der Waals surface area contributed by atoms with Gasteiger partial charge in [0.2, 0.25) is 0 Å². The van der Waals surface area contributed by atoms with Crippen molar-refractivity contribution >= 4 is 17.4 Å². The highest BCUT2D eigenvalue weighted by Crippen LogP contribution is 2.34. The summed E-state index contributed by atoms with van der Waals surface area (Å²) in [6.45, 7) is 4.38. The van der Waals surface area contributed by atoms with Gasteiger partial charge in [0, 0.05) is 12.6 Å². The molecule has 1 unspecified atom stereocenters. The molecule has 1 saturated heterocycles. The summed E-state index contributed by atoms with van der Waals surface area (Å²) in [6, 6.07) is 12.6. The molecule has 6 heteroatoms. The number of likely N-dealkylation sites (tertiary alicyclic amines) is 1. The molecule has 0 aliphatic carbocycles. The van der Waals surface area contributed by atoms with Gasteiger partial charge in [0.1, 0.15) is 0 Å². The molecule has 1 atom stereocenters. The summed E-state index contributed by atoms with van der Waals surface area (Å²) in [5.74, 6) is 0. The van der Waals surface area contributed by atoms with E-state index in [1.54, 1.807) is 19.1 Å². The van der Waals surface area contributed by atoms with E-state index in [9.17, 15) is 14.9 Å². The molecule has 25 heavy (non-hydrogen) atoms. The van der Waals surface area contributed by atoms with Crippen LogP contribution in [0.15, 0.2) is 42.5 Å². The summed E-state index contributed by atoms with van der Waals surface area (Å²) in [6.07, 6.45) is 1.87. The van der Waals surface area contributed by atoms with Crippen molar-refractivity contribution in [3.63, 3.8) is 0 Å². The Morgan fingerprint density at radius 3 is 2.68 bits per heavy atom. The lowest BCUT2D eigenvalue weighted by molar-refractivity contribution is -0.385. The number of nitro groups is 1. The molecular formula is C19H21N3O3. The first-order valence-electron chi connectivity index (χ1n) is 8.36. The predicted molar refractivity (Wildman–Crippen MR) is 96.7 cm³/mol. The molecule has 2 amide bonds. The van der Waals surface area contributed by atoms with Crippen LogP contribution in [0.4, 0.5) is 16.2 Å². The fourth-order valence-corrected chi connectivity index (χ4v) is 3.44. The van der Waals surface area contributed by atoms with E-state index in [0.29, 0.717) is 17.8 Å². The smallest absolute Gasteiger partial charge is 0.317 e. The van der Waals surface area contributed by atoms with E-state index in [2.05, 4.69) is 24.4 Å². The summed E-state index contributed by atoms with van der Waals surface area (Å²) in [7, 11) is 0. The zero-order valence-corrected chi connectivity index (χ0v) is 14.4. The van der Waals surface area contributed by atoms with Crippen LogP contribution in [-0.2, 0) is 0 Å². The van der Waals surface area contributed by atoms with Gasteiger partial charge in [-0.2, -0.15) is 0 Å². The van der Waals surface area contributed by atoms with Gasteiger partial charge in [-0.3, -0.25) is 10.1 Å². The molecule has 6 nitrogen and oxygen atoms in total. The monoisotopic (exact) mass is 339 g/mol. The molecule has 0 bridgehead atoms. The molecule has 3 rings (SSSR count). The minimum atomic E-state index is -0.434. The first kappa shape index (κ1) is 17.0. The molecule has 1 aliphatic rings. The van der Waals surface area contributed by atoms with Gasteiger partial charge in [0.15, 0.2) is 0 Å². The average molecular weight is 339 g/mol. The third kappa shape index (κ3) is 3.33. The van der Waals surface area contributed by atoms with E-state index < -0.39 is 4.92 Å². The number of nitrogens with zero attached hydrogens (tertiary/aromatic N) is 2. The summed E-state index contributed by atoms with van der Waals surface area (Å²) >= 11 is 0. The van der Waals surface area contributed by atoms with Crippen LogP contribution in [0.3, 0.4) is 0 Å². The Morgan fingerprint density at radius 2 is 1.96 bits per heavy atom. The van der Waals surface area contributed by atoms with Crippen molar-refractivity contribution in [1.29, 1.82) is 0 Å². The van der Waals surface area contributed by atoms with Crippen LogP contribution >= 0.6 is 0 Å². The first-order valence-corrected chi connectivity index (χ1v) is 8.36. The maximum absolute atomic E-state index is 12.8. The molecule has 1 heterocycles. The van der Waals surface area contributed by atoms with Gasteiger partial charge in [-0.05, 0) is 43.9 Å². The van der Waals surface area contributed by atoms with Gasteiger partial charge < -0.3 is 10.2 Å². The fourth-order valence-electron chi connectivity index (χ4n) is 3.44. The lowest BCUT2D eigenvalue weighted by Gasteiger charge is -2.26. The number of urea groups is 1. The number of aryl methyl sites for hydroxylation is 1. The third-order valence-corrected chi connectivity index (χ3v) is 4.80. The van der Waals surface area contributed by atoms with Crippen LogP contribution < -0.4 is 5.32 Å². The van der Waals surface area contributed by atoms with E-state index >= 15 is 0 Å². The predicted octanol–water partition coefficient (Wildman–Crippen LogP) is 4.58. The van der Waals surface area contributed by atoms with E-state index in [0.717, 1.165) is 18.4 Å². The van der Waals surface area contributed by atoms with Crippen molar-refractivity contribution in [3.05, 3.63) is 69.3 Å². The molecule has 1 N–H and O–H groups in total. The lowest BCUT2D eigenvalue weighted by Crippen LogP contribution is -2.34. The number of nitrogens with one attached hydrogen (secondary N) is 1. The van der Waals surface area contributed by atoms with Crippen molar-refractivity contribution in [2.75, 3.05) is 11.9 Å². The summed E-state index contributed by atoms with van der Waals surface area (Å²) in [4.78, 5) is 25.2. The minimum Gasteiger partial charge on any atom is -0.317 e. The maximum atomic E-state index is 12.8. The van der Waals surface area contributed by atoms with Crippen molar-refractivity contribution in [2.24, 2.45) is 0 Å². The molecule has 2 aromatic carbocycles. The number of nitro benzene ring substituents is 1. The number of carbonyl (C=O) groups is 1. The lowest BCUT2D eigenvalue weighted by atomic mass is 9.99. The zero-order chi connectivity index (χ0) is 18.0. The highest BCUT2D eigenvalue weighted by molar-refractivity contribution is 5.91. The average Bonchev–Trinajstić information content (AvgIpc) is 3.06. The molecule has 1 fully saturated rings. The van der Waals surface area contributed by atoms with Crippen molar-refractivity contribution in [1.82, 2.24) is 4.90 Å². The van der Waals surface area contributed by atoms with E-state index in [1.165, 1.54) is 11.6 Å². The van der Waals surface area contributed by atoms with Crippen LogP contribution in [-0.4, -0.2) is 22.4 Å². The van der Waals surface area contributed by atoms with Gasteiger partial charge in [-0.25, -0.2) is 4.79 Å². The van der Waals surface area contributed by atoms with Crippen LogP contribution in [0.5, 0.6) is 0 Å². The Bertz CT molecular complexity index is 819. The topological polar surface area (TPSA) is 75.5 Å². The SMILES string of the molecule is Cc1ccccc1C1CCCN1C(=O)Nc1cccc([N+](=O)[O-])c1C. The molecule has 0 saturated carbocycles. The fraction of sp³-hybridized carbons (Fsp3) is 0.316. The molecule has 2 aromatic rings. The highest BCUT2D eigenvalue weighted by Gasteiger charge is 2.31. The largest absolute Gasteiger partial charge is 0.322 e. The second kappa shape index (κ2) is 6.93. The van der Waals surface area contributed by atoms with Crippen molar-refractivity contribution in [2.45, 2.75) is 32.7 Å². The number of rotatable bonds is 3. The van der Waals surface area contributed by atoms with Gasteiger partial charge in [-0.15, -0.1) is 0 Å². The first-order chi connectivity index (χ1) is 12.0. The van der Waals surface area contributed by atoms with E-state index in [1.807, 2.05) is 17.0 Å². The second-order valence-electron chi connectivity index (χ2n) is 6.34. The molecule has 0 spiro atoms. The highest BCUT2D eigenvalue weighted by atomic mass is 16.6. The second-order valence-corrected chi connectivity index (χ2v) is 6.34. The summed E-state index contributed by atoms with van der Waals surface area (Å²) < 4.78 is 0. The van der Waals surface area contributed by atoms with Crippen molar-refractivity contribution < 1.29 is 9.72 Å². The zero-order valence-electron chi connectivity index (χ0n) is 14.4. The van der Waals surface area contributed by atoms with Gasteiger partial charge in [0.05, 0.1) is 22.2 Å². The Kier molecular flexibility index (Phi) is 4.70. The van der Waals surface area contributed by atoms with Crippen LogP contribution in [0.1, 0.15) is 35.6 Å². The Morgan fingerprint density at radius 1 is 1.20 bits per heavy atom. The molecule has 0 aromatic heterocycles. The van der Waals surface area contributed by atoms with E-state index in [4.69, 9.17) is 0 Å². The Balaban J connectivity index is 1.83. The van der Waals surface area contributed by atoms with Gasteiger partial charge >= 0.3 is 6.03 Å². The summed E-state index contributed by atoms with van der Waals surface area (Å²) in [5.41, 5.74) is 3.28. The van der Waals surface area contributed by atoms with Crippen LogP contribution in [0, 0.1) is 24.0 Å². The number of benzene rings is 2. The Hall–Kier alpha value is -2.89. The number of hydrogen-bond donors (Lipinski definition) is 1. The molecule has 130 valence electrons. The number of amides is 2. The Labute approximate surface area is 146 Å².